The van der Waals surface area contributed by atoms with Gasteiger partial charge in [0.05, 0.1) is 0 Å². The number of benzene rings is 2. The first-order chi connectivity index (χ1) is 18.2. The Morgan fingerprint density at radius 1 is 0.895 bits per heavy atom. The van der Waals surface area contributed by atoms with E-state index >= 15 is 0 Å². The molecule has 3 rings (SSSR count). The lowest BCUT2D eigenvalue weighted by atomic mass is 10.1. The van der Waals surface area contributed by atoms with Gasteiger partial charge >= 0.3 is 6.09 Å². The molecule has 0 aliphatic heterocycles. The maximum absolute atomic E-state index is 13.6. The molecule has 0 spiro atoms. The van der Waals surface area contributed by atoms with Crippen LogP contribution in [0.25, 0.3) is 0 Å². The maximum Gasteiger partial charge on any atom is 0.407 e. The predicted molar refractivity (Wildman–Crippen MR) is 146 cm³/mol. The Balaban J connectivity index is 1.52. The van der Waals surface area contributed by atoms with E-state index in [4.69, 9.17) is 4.74 Å². The van der Waals surface area contributed by atoms with Crippen molar-refractivity contribution >= 4 is 29.6 Å². The molecule has 0 aliphatic rings. The molecule has 11 heteroatoms. The SMILES string of the molecule is CC(C)(C)OC(=O)NCCCCCNc1nc(NCCc2ccc(O)cc2)nc(Nc2cccc(F)c2)n1. The summed E-state index contributed by atoms with van der Waals surface area (Å²) in [5.74, 6) is 0.902. The molecule has 5 N–H and O–H groups in total. The van der Waals surface area contributed by atoms with Crippen molar-refractivity contribution in [3.8, 4) is 5.75 Å². The Hall–Kier alpha value is -4.15. The molecule has 38 heavy (non-hydrogen) atoms. The predicted octanol–water partition coefficient (Wildman–Crippen LogP) is 5.22. The number of hydrogen-bond acceptors (Lipinski definition) is 9. The number of ether oxygens (including phenoxy) is 1. The smallest absolute Gasteiger partial charge is 0.407 e. The number of hydrogen-bond donors (Lipinski definition) is 5. The molecule has 10 nitrogen and oxygen atoms in total. The highest BCUT2D eigenvalue weighted by molar-refractivity contribution is 5.67. The van der Waals surface area contributed by atoms with Crippen molar-refractivity contribution in [2.24, 2.45) is 0 Å². The molecule has 0 atom stereocenters. The quantitative estimate of drug-likeness (QED) is 0.190. The molecule has 0 radical (unpaired) electrons. The van der Waals surface area contributed by atoms with Gasteiger partial charge in [0.25, 0.3) is 0 Å². The number of alkyl carbamates (subject to hydrolysis) is 1. The summed E-state index contributed by atoms with van der Waals surface area (Å²) in [4.78, 5) is 25.0. The number of nitrogens with one attached hydrogen (secondary N) is 4. The summed E-state index contributed by atoms with van der Waals surface area (Å²) in [6.07, 6.45) is 2.84. The van der Waals surface area contributed by atoms with Gasteiger partial charge in [-0.15, -0.1) is 0 Å². The van der Waals surface area contributed by atoms with Gasteiger partial charge in [-0.2, -0.15) is 15.0 Å². The van der Waals surface area contributed by atoms with E-state index in [1.54, 1.807) is 24.3 Å². The molecule has 204 valence electrons. The number of aromatic hydroxyl groups is 1. The van der Waals surface area contributed by atoms with E-state index in [0.29, 0.717) is 43.6 Å². The molecule has 0 saturated carbocycles. The highest BCUT2D eigenvalue weighted by Crippen LogP contribution is 2.17. The number of amides is 1. The number of phenols is 1. The van der Waals surface area contributed by atoms with E-state index in [9.17, 15) is 14.3 Å². The molecular weight excluding hydrogens is 489 g/mol. The van der Waals surface area contributed by atoms with Gasteiger partial charge in [0, 0.05) is 25.3 Å². The van der Waals surface area contributed by atoms with Crippen LogP contribution in [0.4, 0.5) is 32.7 Å². The van der Waals surface area contributed by atoms with E-state index in [1.807, 2.05) is 32.9 Å². The third kappa shape index (κ3) is 10.9. The van der Waals surface area contributed by atoms with E-state index in [0.717, 1.165) is 24.8 Å². The first-order valence-corrected chi connectivity index (χ1v) is 12.7. The van der Waals surface area contributed by atoms with Crippen LogP contribution in [0.15, 0.2) is 48.5 Å². The Morgan fingerprint density at radius 2 is 1.55 bits per heavy atom. The average molecular weight is 526 g/mol. The molecule has 0 aliphatic carbocycles. The molecule has 0 unspecified atom stereocenters. The van der Waals surface area contributed by atoms with Crippen LogP contribution in [0.1, 0.15) is 45.6 Å². The Morgan fingerprint density at radius 3 is 2.24 bits per heavy atom. The summed E-state index contributed by atoms with van der Waals surface area (Å²) < 4.78 is 18.9. The van der Waals surface area contributed by atoms with Crippen molar-refractivity contribution in [3.63, 3.8) is 0 Å². The zero-order valence-corrected chi connectivity index (χ0v) is 22.1. The molecule has 1 aromatic heterocycles. The summed E-state index contributed by atoms with van der Waals surface area (Å²) in [6, 6.07) is 13.1. The Labute approximate surface area is 222 Å². The van der Waals surface area contributed by atoms with Gasteiger partial charge in [-0.05, 0) is 82.3 Å². The van der Waals surface area contributed by atoms with Crippen LogP contribution in [0.3, 0.4) is 0 Å². The number of rotatable bonds is 13. The first kappa shape index (κ1) is 28.4. The largest absolute Gasteiger partial charge is 0.508 e. The van der Waals surface area contributed by atoms with Crippen LogP contribution in [-0.2, 0) is 11.2 Å². The third-order valence-electron chi connectivity index (χ3n) is 5.15. The van der Waals surface area contributed by atoms with Gasteiger partial charge < -0.3 is 31.1 Å². The van der Waals surface area contributed by atoms with Crippen LogP contribution in [0, 0.1) is 5.82 Å². The topological polar surface area (TPSA) is 133 Å². The van der Waals surface area contributed by atoms with Gasteiger partial charge in [0.1, 0.15) is 17.2 Å². The second-order valence-electron chi connectivity index (χ2n) is 9.70. The summed E-state index contributed by atoms with van der Waals surface area (Å²) in [6.45, 7) is 7.22. The minimum absolute atomic E-state index is 0.224. The minimum atomic E-state index is -0.514. The maximum atomic E-state index is 13.6. The number of carbonyl (C=O) groups is 1. The fraction of sp³-hybridized carbons (Fsp3) is 0.407. The van der Waals surface area contributed by atoms with E-state index in [2.05, 4.69) is 36.2 Å². The van der Waals surface area contributed by atoms with Gasteiger partial charge in [-0.25, -0.2) is 9.18 Å². The molecule has 3 aromatic rings. The van der Waals surface area contributed by atoms with Gasteiger partial charge in [-0.3, -0.25) is 0 Å². The van der Waals surface area contributed by atoms with Crippen molar-refractivity contribution in [3.05, 3.63) is 59.9 Å². The molecule has 0 fully saturated rings. The highest BCUT2D eigenvalue weighted by atomic mass is 19.1. The van der Waals surface area contributed by atoms with Crippen molar-refractivity contribution in [2.75, 3.05) is 35.6 Å². The van der Waals surface area contributed by atoms with Crippen LogP contribution in [0.2, 0.25) is 0 Å². The molecule has 0 saturated heterocycles. The van der Waals surface area contributed by atoms with Crippen molar-refractivity contribution in [2.45, 2.75) is 52.1 Å². The highest BCUT2D eigenvalue weighted by Gasteiger charge is 2.15. The lowest BCUT2D eigenvalue weighted by molar-refractivity contribution is 0.0527. The minimum Gasteiger partial charge on any atom is -0.508 e. The number of unbranched alkanes of at least 4 members (excludes halogenated alkanes) is 2. The van der Waals surface area contributed by atoms with E-state index in [1.165, 1.54) is 12.1 Å². The second kappa shape index (κ2) is 14.0. The van der Waals surface area contributed by atoms with E-state index in [-0.39, 0.29) is 17.5 Å². The Kier molecular flexibility index (Phi) is 10.4. The summed E-state index contributed by atoms with van der Waals surface area (Å²) in [5, 5.41) is 21.6. The number of halogens is 1. The average Bonchev–Trinajstić information content (AvgIpc) is 2.83. The van der Waals surface area contributed by atoms with Gasteiger partial charge in [0.15, 0.2) is 0 Å². The summed E-state index contributed by atoms with van der Waals surface area (Å²) >= 11 is 0. The van der Waals surface area contributed by atoms with Crippen LogP contribution < -0.4 is 21.3 Å². The zero-order valence-electron chi connectivity index (χ0n) is 22.1. The number of carbonyl (C=O) groups excluding carboxylic acids is 1. The zero-order chi connectivity index (χ0) is 27.4. The number of phenolic OH excluding ortho intramolecular Hbond substituents is 1. The Bertz CT molecular complexity index is 1170. The summed E-state index contributed by atoms with van der Waals surface area (Å²) in [5.41, 5.74) is 1.07. The first-order valence-electron chi connectivity index (χ1n) is 12.7. The number of nitrogens with zero attached hydrogens (tertiary/aromatic N) is 3. The fourth-order valence-electron chi connectivity index (χ4n) is 3.40. The lowest BCUT2D eigenvalue weighted by Crippen LogP contribution is -2.33. The van der Waals surface area contributed by atoms with Crippen LogP contribution in [-0.4, -0.2) is 51.4 Å². The summed E-state index contributed by atoms with van der Waals surface area (Å²) in [7, 11) is 0. The van der Waals surface area contributed by atoms with Gasteiger partial charge in [-0.1, -0.05) is 18.2 Å². The standard InChI is InChI=1S/C27H36FN7O3/c1-27(2,3)38-26(37)31-16-6-4-5-15-29-23-33-24(30-17-14-19-10-12-22(36)13-11-19)35-25(34-23)32-21-9-7-8-20(28)18-21/h7-13,18,36H,4-6,14-17H2,1-3H3,(H,31,37)(H3,29,30,32,33,34,35). The van der Waals surface area contributed by atoms with Crippen molar-refractivity contribution in [1.29, 1.82) is 0 Å². The van der Waals surface area contributed by atoms with Crippen LogP contribution in [0.5, 0.6) is 5.75 Å². The molecule has 2 aromatic carbocycles. The lowest BCUT2D eigenvalue weighted by Gasteiger charge is -2.19. The van der Waals surface area contributed by atoms with Crippen molar-refractivity contribution < 1.29 is 19.0 Å². The van der Waals surface area contributed by atoms with Crippen molar-refractivity contribution in [1.82, 2.24) is 20.3 Å². The number of aromatic nitrogens is 3. The molecule has 1 heterocycles. The van der Waals surface area contributed by atoms with E-state index < -0.39 is 11.7 Å². The molecule has 1 amide bonds. The molecule has 0 bridgehead atoms. The van der Waals surface area contributed by atoms with Gasteiger partial charge in [0.2, 0.25) is 17.8 Å². The normalized spacial score (nSPS) is 11.1. The number of anilines is 4. The van der Waals surface area contributed by atoms with Crippen LogP contribution >= 0.6 is 0 Å². The third-order valence-corrected chi connectivity index (χ3v) is 5.15. The second-order valence-corrected chi connectivity index (χ2v) is 9.70. The fourth-order valence-corrected chi connectivity index (χ4v) is 3.40. The molecular formula is C27H36FN7O3. The monoisotopic (exact) mass is 525 g/mol.